The number of hydrogen-bond acceptors (Lipinski definition) is 6. The van der Waals surface area contributed by atoms with Gasteiger partial charge in [0.2, 0.25) is 0 Å². The number of ether oxygens (including phenoxy) is 1. The van der Waals surface area contributed by atoms with Crippen LogP contribution in [0.4, 0.5) is 10.8 Å². The Bertz CT molecular complexity index is 572. The van der Waals surface area contributed by atoms with E-state index in [0.717, 1.165) is 42.2 Å². The average Bonchev–Trinajstić information content (AvgIpc) is 2.71. The molecule has 20 heavy (non-hydrogen) atoms. The lowest BCUT2D eigenvalue weighted by molar-refractivity contribution is 0.0821. The Labute approximate surface area is 122 Å². The maximum absolute atomic E-state index is 6.07. The second-order valence-corrected chi connectivity index (χ2v) is 5.72. The van der Waals surface area contributed by atoms with Crippen molar-refractivity contribution in [2.75, 3.05) is 30.3 Å². The predicted molar refractivity (Wildman–Crippen MR) is 82.0 cm³/mol. The third-order valence-electron chi connectivity index (χ3n) is 3.41. The lowest BCUT2D eigenvalue weighted by Gasteiger charge is -2.23. The van der Waals surface area contributed by atoms with E-state index in [-0.39, 0.29) is 6.10 Å². The van der Waals surface area contributed by atoms with Crippen LogP contribution in [0, 0.1) is 0 Å². The number of aromatic nitrogens is 2. The summed E-state index contributed by atoms with van der Waals surface area (Å²) >= 11 is 1.46. The minimum absolute atomic E-state index is 0.228. The highest BCUT2D eigenvalue weighted by Crippen LogP contribution is 2.39. The normalized spacial score (nSPS) is 19.9. The first kappa shape index (κ1) is 13.3. The summed E-state index contributed by atoms with van der Waals surface area (Å²) in [7, 11) is 0. The summed E-state index contributed by atoms with van der Waals surface area (Å²) in [6.07, 6.45) is 4.82. The van der Waals surface area contributed by atoms with Crippen molar-refractivity contribution in [3.63, 3.8) is 0 Å². The quantitative estimate of drug-likeness (QED) is 0.920. The van der Waals surface area contributed by atoms with Gasteiger partial charge in [-0.05, 0) is 42.6 Å². The molecule has 1 fully saturated rings. The van der Waals surface area contributed by atoms with Crippen LogP contribution in [0.25, 0.3) is 11.1 Å². The minimum atomic E-state index is 0.228. The molecule has 3 heterocycles. The molecule has 1 unspecified atom stereocenters. The molecule has 2 aromatic heterocycles. The van der Waals surface area contributed by atoms with E-state index >= 15 is 0 Å². The molecule has 3 rings (SSSR count). The van der Waals surface area contributed by atoms with Crippen LogP contribution < -0.4 is 10.6 Å². The van der Waals surface area contributed by atoms with Crippen molar-refractivity contribution < 1.29 is 4.74 Å². The zero-order chi connectivity index (χ0) is 13.9. The standard InChI is InChI=1S/C14H18N4OS/c1-10-9-18(7-2-8-19-10)14-12(13(15)17-20-14)11-3-5-16-6-4-11/h3-6,10H,2,7-9H2,1H3,(H2,15,17). The summed E-state index contributed by atoms with van der Waals surface area (Å²) < 4.78 is 10.0. The Kier molecular flexibility index (Phi) is 3.84. The average molecular weight is 290 g/mol. The van der Waals surface area contributed by atoms with Gasteiger partial charge in [-0.15, -0.1) is 0 Å². The van der Waals surface area contributed by atoms with E-state index in [9.17, 15) is 0 Å². The van der Waals surface area contributed by atoms with Crippen LogP contribution in [-0.4, -0.2) is 35.2 Å². The molecule has 0 spiro atoms. The monoisotopic (exact) mass is 290 g/mol. The Hall–Kier alpha value is -1.66. The zero-order valence-electron chi connectivity index (χ0n) is 11.5. The SMILES string of the molecule is CC1CN(c2snc(N)c2-c2ccncc2)CCCO1. The van der Waals surface area contributed by atoms with Crippen LogP contribution in [0.1, 0.15) is 13.3 Å². The van der Waals surface area contributed by atoms with Crippen molar-refractivity contribution in [1.29, 1.82) is 0 Å². The summed E-state index contributed by atoms with van der Waals surface area (Å²) in [4.78, 5) is 6.40. The second kappa shape index (κ2) is 5.76. The van der Waals surface area contributed by atoms with Crippen LogP contribution >= 0.6 is 11.5 Å². The van der Waals surface area contributed by atoms with Gasteiger partial charge in [0, 0.05) is 32.1 Å². The van der Waals surface area contributed by atoms with Crippen molar-refractivity contribution in [1.82, 2.24) is 9.36 Å². The lowest BCUT2D eigenvalue weighted by Crippen LogP contribution is -2.29. The number of rotatable bonds is 2. The largest absolute Gasteiger partial charge is 0.382 e. The molecule has 1 saturated heterocycles. The molecule has 0 bridgehead atoms. The topological polar surface area (TPSA) is 64.3 Å². The van der Waals surface area contributed by atoms with E-state index < -0.39 is 0 Å². The molecule has 1 aliphatic rings. The highest BCUT2D eigenvalue weighted by atomic mass is 32.1. The van der Waals surface area contributed by atoms with Gasteiger partial charge in [-0.25, -0.2) is 0 Å². The first-order valence-electron chi connectivity index (χ1n) is 6.78. The Morgan fingerprint density at radius 3 is 3.00 bits per heavy atom. The van der Waals surface area contributed by atoms with Gasteiger partial charge in [-0.1, -0.05) is 0 Å². The fourth-order valence-electron chi connectivity index (χ4n) is 2.48. The molecule has 106 valence electrons. The summed E-state index contributed by atoms with van der Waals surface area (Å²) in [6, 6.07) is 3.95. The highest BCUT2D eigenvalue weighted by molar-refractivity contribution is 7.11. The number of nitrogen functional groups attached to an aromatic ring is 1. The molecular formula is C14H18N4OS. The van der Waals surface area contributed by atoms with Gasteiger partial charge in [-0.2, -0.15) is 4.37 Å². The summed E-state index contributed by atoms with van der Waals surface area (Å²) in [6.45, 7) is 4.77. The van der Waals surface area contributed by atoms with Gasteiger partial charge >= 0.3 is 0 Å². The maximum Gasteiger partial charge on any atom is 0.147 e. The fourth-order valence-corrected chi connectivity index (χ4v) is 3.35. The summed E-state index contributed by atoms with van der Waals surface area (Å²) in [5.74, 6) is 0.592. The third kappa shape index (κ3) is 2.62. The highest BCUT2D eigenvalue weighted by Gasteiger charge is 2.22. The number of anilines is 2. The Morgan fingerprint density at radius 1 is 1.40 bits per heavy atom. The van der Waals surface area contributed by atoms with Gasteiger partial charge < -0.3 is 15.4 Å². The van der Waals surface area contributed by atoms with Gasteiger partial charge in [-0.3, -0.25) is 4.98 Å². The first-order valence-corrected chi connectivity index (χ1v) is 7.55. The van der Waals surface area contributed by atoms with Gasteiger partial charge in [0.05, 0.1) is 11.7 Å². The van der Waals surface area contributed by atoms with Gasteiger partial charge in [0.15, 0.2) is 0 Å². The van der Waals surface area contributed by atoms with Crippen molar-refractivity contribution in [2.45, 2.75) is 19.4 Å². The molecule has 1 aliphatic heterocycles. The van der Waals surface area contributed by atoms with E-state index in [1.165, 1.54) is 11.5 Å². The molecule has 0 radical (unpaired) electrons. The molecule has 6 heteroatoms. The molecule has 2 aromatic rings. The van der Waals surface area contributed by atoms with E-state index in [0.29, 0.717) is 5.82 Å². The summed E-state index contributed by atoms with van der Waals surface area (Å²) in [5.41, 5.74) is 8.16. The predicted octanol–water partition coefficient (Wildman–Crippen LogP) is 2.40. The molecule has 0 aliphatic carbocycles. The van der Waals surface area contributed by atoms with Crippen molar-refractivity contribution >= 4 is 22.4 Å². The Morgan fingerprint density at radius 2 is 2.20 bits per heavy atom. The smallest absolute Gasteiger partial charge is 0.147 e. The van der Waals surface area contributed by atoms with Crippen LogP contribution in [0.3, 0.4) is 0 Å². The third-order valence-corrected chi connectivity index (χ3v) is 4.33. The number of nitrogens with zero attached hydrogens (tertiary/aromatic N) is 3. The molecule has 5 nitrogen and oxygen atoms in total. The number of nitrogens with two attached hydrogens (primary N) is 1. The number of hydrogen-bond donors (Lipinski definition) is 1. The van der Waals surface area contributed by atoms with E-state index in [1.54, 1.807) is 12.4 Å². The Balaban J connectivity index is 1.98. The molecule has 0 saturated carbocycles. The van der Waals surface area contributed by atoms with Crippen molar-refractivity contribution in [2.24, 2.45) is 0 Å². The molecule has 0 aromatic carbocycles. The van der Waals surface area contributed by atoms with Crippen LogP contribution in [0.5, 0.6) is 0 Å². The molecule has 2 N–H and O–H groups in total. The lowest BCUT2D eigenvalue weighted by atomic mass is 10.1. The van der Waals surface area contributed by atoms with Gasteiger partial charge in [0.1, 0.15) is 10.8 Å². The van der Waals surface area contributed by atoms with Gasteiger partial charge in [0.25, 0.3) is 0 Å². The molecule has 0 amide bonds. The van der Waals surface area contributed by atoms with Crippen molar-refractivity contribution in [3.8, 4) is 11.1 Å². The molecule has 1 atom stereocenters. The van der Waals surface area contributed by atoms with Crippen LogP contribution in [0.15, 0.2) is 24.5 Å². The minimum Gasteiger partial charge on any atom is -0.382 e. The fraction of sp³-hybridized carbons (Fsp3) is 0.429. The van der Waals surface area contributed by atoms with E-state index in [1.807, 2.05) is 12.1 Å². The summed E-state index contributed by atoms with van der Waals surface area (Å²) in [5, 5.41) is 1.13. The second-order valence-electron chi connectivity index (χ2n) is 4.96. The first-order chi connectivity index (χ1) is 9.75. The van der Waals surface area contributed by atoms with Crippen LogP contribution in [0.2, 0.25) is 0 Å². The zero-order valence-corrected chi connectivity index (χ0v) is 12.3. The van der Waals surface area contributed by atoms with Crippen molar-refractivity contribution in [3.05, 3.63) is 24.5 Å². The number of pyridine rings is 1. The molecular weight excluding hydrogens is 272 g/mol. The van der Waals surface area contributed by atoms with E-state index in [2.05, 4.69) is 21.2 Å². The van der Waals surface area contributed by atoms with E-state index in [4.69, 9.17) is 10.5 Å². The maximum atomic E-state index is 6.07. The van der Waals surface area contributed by atoms with Crippen LogP contribution in [-0.2, 0) is 4.74 Å².